The smallest absolute Gasteiger partial charge is 0.0461 e. The zero-order valence-corrected chi connectivity index (χ0v) is 15.6. The molecule has 2 heteroatoms. The molecule has 5 rings (SSSR count). The van der Waals surface area contributed by atoms with E-state index >= 15 is 0 Å². The minimum atomic E-state index is 1.17. The number of fused-ring (bicyclic) bond motifs is 1. The van der Waals surface area contributed by atoms with Gasteiger partial charge in [-0.3, -0.25) is 0 Å². The molecule has 0 radical (unpaired) electrons. The summed E-state index contributed by atoms with van der Waals surface area (Å²) in [5.41, 5.74) is 4.71. The highest BCUT2D eigenvalue weighted by Gasteiger charge is 2.10. The largest absolute Gasteiger partial charge is 0.361 e. The quantitative estimate of drug-likeness (QED) is 0.356. The number of para-hydroxylation sites is 4. The normalized spacial score (nSPS) is 10.1. The minimum Gasteiger partial charge on any atom is -0.361 e. The van der Waals surface area contributed by atoms with Crippen LogP contribution in [0.5, 0.6) is 0 Å². The average molecular weight is 362 g/mol. The van der Waals surface area contributed by atoms with E-state index in [1.165, 1.54) is 28.0 Å². The lowest BCUT2D eigenvalue weighted by Crippen LogP contribution is -2.09. The first-order chi connectivity index (χ1) is 13.9. The Morgan fingerprint density at radius 2 is 0.857 bits per heavy atom. The standard InChI is InChI=1S/C18H15N.C8H7N/c1-4-10-16(11-5-1)19(17-12-6-2-7-13-17)18-14-8-3-9-15-18;1-2-4-8-7(3-1)5-6-9-8/h1-15H;1-6,9H. The molecule has 0 saturated carbocycles. The van der Waals surface area contributed by atoms with Gasteiger partial charge in [-0.05, 0) is 53.9 Å². The van der Waals surface area contributed by atoms with Crippen molar-refractivity contribution in [3.63, 3.8) is 0 Å². The molecule has 0 amide bonds. The SMILES string of the molecule is c1ccc(N(c2ccccc2)c2ccccc2)cc1.c1ccc2[nH]ccc2c1. The summed E-state index contributed by atoms with van der Waals surface area (Å²) in [7, 11) is 0. The van der Waals surface area contributed by atoms with Crippen molar-refractivity contribution in [1.29, 1.82) is 0 Å². The van der Waals surface area contributed by atoms with E-state index in [4.69, 9.17) is 0 Å². The van der Waals surface area contributed by atoms with Crippen molar-refractivity contribution in [2.75, 3.05) is 4.90 Å². The van der Waals surface area contributed by atoms with E-state index in [1.54, 1.807) is 0 Å². The lowest BCUT2D eigenvalue weighted by molar-refractivity contribution is 1.28. The van der Waals surface area contributed by atoms with Crippen molar-refractivity contribution in [3.8, 4) is 0 Å². The van der Waals surface area contributed by atoms with Crippen LogP contribution in [0.15, 0.2) is 128 Å². The maximum Gasteiger partial charge on any atom is 0.0461 e. The van der Waals surface area contributed by atoms with Gasteiger partial charge in [0.15, 0.2) is 0 Å². The van der Waals surface area contributed by atoms with Crippen molar-refractivity contribution < 1.29 is 0 Å². The van der Waals surface area contributed by atoms with Crippen LogP contribution in [-0.4, -0.2) is 4.98 Å². The van der Waals surface area contributed by atoms with Crippen molar-refractivity contribution in [2.24, 2.45) is 0 Å². The van der Waals surface area contributed by atoms with Gasteiger partial charge in [-0.15, -0.1) is 0 Å². The Morgan fingerprint density at radius 1 is 0.429 bits per heavy atom. The molecule has 0 aliphatic heterocycles. The van der Waals surface area contributed by atoms with Gasteiger partial charge in [0.1, 0.15) is 0 Å². The number of benzene rings is 4. The third-order valence-electron chi connectivity index (χ3n) is 4.51. The Hall–Kier alpha value is -3.78. The van der Waals surface area contributed by atoms with Gasteiger partial charge >= 0.3 is 0 Å². The Morgan fingerprint density at radius 3 is 1.32 bits per heavy atom. The van der Waals surface area contributed by atoms with Crippen LogP contribution in [0.1, 0.15) is 0 Å². The second kappa shape index (κ2) is 8.74. The number of aromatic nitrogens is 1. The Kier molecular flexibility index (Phi) is 5.50. The van der Waals surface area contributed by atoms with E-state index in [2.05, 4.69) is 101 Å². The number of anilines is 3. The van der Waals surface area contributed by atoms with Gasteiger partial charge < -0.3 is 9.88 Å². The van der Waals surface area contributed by atoms with Gasteiger partial charge in [-0.25, -0.2) is 0 Å². The summed E-state index contributed by atoms with van der Waals surface area (Å²) >= 11 is 0. The number of nitrogens with one attached hydrogen (secondary N) is 1. The predicted octanol–water partition coefficient (Wildman–Crippen LogP) is 7.32. The molecule has 1 aromatic heterocycles. The molecule has 0 fully saturated rings. The van der Waals surface area contributed by atoms with Crippen LogP contribution in [0, 0.1) is 0 Å². The number of hydrogen-bond donors (Lipinski definition) is 1. The summed E-state index contributed by atoms with van der Waals surface area (Å²) in [6, 6.07) is 41.5. The highest BCUT2D eigenvalue weighted by Crippen LogP contribution is 2.33. The molecule has 0 spiro atoms. The van der Waals surface area contributed by atoms with Crippen LogP contribution < -0.4 is 4.90 Å². The number of H-pyrrole nitrogens is 1. The van der Waals surface area contributed by atoms with Crippen molar-refractivity contribution in [3.05, 3.63) is 128 Å². The molecular formula is C26H22N2. The highest BCUT2D eigenvalue weighted by molar-refractivity contribution is 5.79. The second-order valence-corrected chi connectivity index (χ2v) is 6.41. The molecule has 5 aromatic rings. The molecule has 0 saturated heterocycles. The van der Waals surface area contributed by atoms with E-state index in [0.717, 1.165) is 0 Å². The molecule has 136 valence electrons. The van der Waals surface area contributed by atoms with Gasteiger partial charge in [-0.1, -0.05) is 72.8 Å². The van der Waals surface area contributed by atoms with Crippen LogP contribution in [0.3, 0.4) is 0 Å². The van der Waals surface area contributed by atoms with Crippen molar-refractivity contribution in [1.82, 2.24) is 4.98 Å². The zero-order valence-electron chi connectivity index (χ0n) is 15.6. The Bertz CT molecular complexity index is 976. The Balaban J connectivity index is 0.000000177. The summed E-state index contributed by atoms with van der Waals surface area (Å²) in [6.45, 7) is 0. The first kappa shape index (κ1) is 17.6. The summed E-state index contributed by atoms with van der Waals surface area (Å²) in [6.07, 6.45) is 1.95. The zero-order chi connectivity index (χ0) is 19.0. The molecule has 0 atom stereocenters. The topological polar surface area (TPSA) is 19.0 Å². The van der Waals surface area contributed by atoms with Crippen LogP contribution in [-0.2, 0) is 0 Å². The van der Waals surface area contributed by atoms with E-state index in [1.807, 2.05) is 36.5 Å². The van der Waals surface area contributed by atoms with Crippen LogP contribution >= 0.6 is 0 Å². The fourth-order valence-electron chi connectivity index (χ4n) is 3.17. The second-order valence-electron chi connectivity index (χ2n) is 6.41. The number of rotatable bonds is 3. The number of hydrogen-bond acceptors (Lipinski definition) is 1. The van der Waals surface area contributed by atoms with Gasteiger partial charge in [0.25, 0.3) is 0 Å². The van der Waals surface area contributed by atoms with E-state index < -0.39 is 0 Å². The van der Waals surface area contributed by atoms with Crippen LogP contribution in [0.4, 0.5) is 17.1 Å². The molecule has 1 N–H and O–H groups in total. The van der Waals surface area contributed by atoms with Crippen molar-refractivity contribution in [2.45, 2.75) is 0 Å². The van der Waals surface area contributed by atoms with Crippen LogP contribution in [0.25, 0.3) is 10.9 Å². The molecule has 0 unspecified atom stereocenters. The van der Waals surface area contributed by atoms with E-state index in [-0.39, 0.29) is 0 Å². The molecular weight excluding hydrogens is 340 g/mol. The van der Waals surface area contributed by atoms with Gasteiger partial charge in [0, 0.05) is 28.8 Å². The summed E-state index contributed by atoms with van der Waals surface area (Å²) in [5, 5.41) is 1.28. The highest BCUT2D eigenvalue weighted by atomic mass is 15.1. The van der Waals surface area contributed by atoms with E-state index in [0.29, 0.717) is 0 Å². The molecule has 28 heavy (non-hydrogen) atoms. The maximum absolute atomic E-state index is 3.12. The first-order valence-electron chi connectivity index (χ1n) is 9.39. The van der Waals surface area contributed by atoms with Crippen molar-refractivity contribution >= 4 is 28.0 Å². The van der Waals surface area contributed by atoms with Gasteiger partial charge in [0.05, 0.1) is 0 Å². The average Bonchev–Trinajstić information content (AvgIpc) is 3.26. The number of nitrogens with zero attached hydrogens (tertiary/aromatic N) is 1. The Labute approximate surface area is 165 Å². The predicted molar refractivity (Wildman–Crippen MR) is 119 cm³/mol. The summed E-state index contributed by atoms with van der Waals surface area (Å²) in [4.78, 5) is 5.37. The number of aromatic amines is 1. The van der Waals surface area contributed by atoms with Gasteiger partial charge in [-0.2, -0.15) is 0 Å². The molecule has 0 aliphatic carbocycles. The molecule has 0 bridgehead atoms. The first-order valence-corrected chi connectivity index (χ1v) is 9.39. The third kappa shape index (κ3) is 4.13. The fourth-order valence-corrected chi connectivity index (χ4v) is 3.17. The third-order valence-corrected chi connectivity index (χ3v) is 4.51. The lowest BCUT2D eigenvalue weighted by atomic mass is 10.2. The fraction of sp³-hybridized carbons (Fsp3) is 0. The lowest BCUT2D eigenvalue weighted by Gasteiger charge is -2.25. The molecule has 1 heterocycles. The molecule has 2 nitrogen and oxygen atoms in total. The molecule has 4 aromatic carbocycles. The molecule has 0 aliphatic rings. The summed E-state index contributed by atoms with van der Waals surface area (Å²) < 4.78 is 0. The maximum atomic E-state index is 3.12. The van der Waals surface area contributed by atoms with E-state index in [9.17, 15) is 0 Å². The van der Waals surface area contributed by atoms with Crippen LogP contribution in [0.2, 0.25) is 0 Å². The van der Waals surface area contributed by atoms with Gasteiger partial charge in [0.2, 0.25) is 0 Å². The monoisotopic (exact) mass is 362 g/mol. The summed E-state index contributed by atoms with van der Waals surface area (Å²) in [5.74, 6) is 0. The minimum absolute atomic E-state index is 1.17.